The molecule has 1 aliphatic rings. The smallest absolute Gasteiger partial charge is 0.148 e. The van der Waals surface area contributed by atoms with E-state index in [2.05, 4.69) is 30.3 Å². The highest BCUT2D eigenvalue weighted by Gasteiger charge is 2.24. The van der Waals surface area contributed by atoms with E-state index in [9.17, 15) is 0 Å². The third-order valence-corrected chi connectivity index (χ3v) is 3.18. The molecule has 1 atom stereocenters. The molecule has 1 aromatic rings. The Labute approximate surface area is 103 Å². The Bertz CT molecular complexity index is 419. The van der Waals surface area contributed by atoms with Gasteiger partial charge in [-0.2, -0.15) is 0 Å². The number of rotatable bonds is 5. The number of hydrogen-bond acceptors (Lipinski definition) is 2. The lowest BCUT2D eigenvalue weighted by atomic mass is 10.1. The molecule has 0 saturated heterocycles. The topological polar surface area (TPSA) is 21.3 Å². The van der Waals surface area contributed by atoms with Crippen LogP contribution in [0.2, 0.25) is 0 Å². The van der Waals surface area contributed by atoms with Gasteiger partial charge >= 0.3 is 0 Å². The van der Waals surface area contributed by atoms with Gasteiger partial charge in [0.1, 0.15) is 12.4 Å². The lowest BCUT2D eigenvalue weighted by Crippen LogP contribution is -2.19. The third kappa shape index (κ3) is 2.62. The summed E-state index contributed by atoms with van der Waals surface area (Å²) in [5, 5.41) is 3.57. The van der Waals surface area contributed by atoms with Gasteiger partial charge in [-0.05, 0) is 43.0 Å². The molecule has 0 aromatic heterocycles. The summed E-state index contributed by atoms with van der Waals surface area (Å²) in [7, 11) is 0. The van der Waals surface area contributed by atoms with Crippen molar-refractivity contribution in [1.29, 1.82) is 0 Å². The van der Waals surface area contributed by atoms with Crippen LogP contribution in [0.3, 0.4) is 0 Å². The van der Waals surface area contributed by atoms with Gasteiger partial charge in [0.2, 0.25) is 0 Å². The molecule has 1 N–H and O–H groups in total. The molecule has 0 aliphatic heterocycles. The number of fused-ring (bicyclic) bond motifs is 1. The molecule has 90 valence electrons. The van der Waals surface area contributed by atoms with Crippen LogP contribution < -0.4 is 10.1 Å². The van der Waals surface area contributed by atoms with Gasteiger partial charge in [0.15, 0.2) is 0 Å². The first kappa shape index (κ1) is 12.0. The Balaban J connectivity index is 2.14. The first-order chi connectivity index (χ1) is 8.36. The van der Waals surface area contributed by atoms with Crippen molar-refractivity contribution in [2.45, 2.75) is 32.2 Å². The summed E-state index contributed by atoms with van der Waals surface area (Å²) < 4.78 is 5.59. The minimum absolute atomic E-state index is 0.351. The van der Waals surface area contributed by atoms with Gasteiger partial charge in [0.05, 0.1) is 0 Å². The summed E-state index contributed by atoms with van der Waals surface area (Å²) in [5.41, 5.74) is 2.71. The fourth-order valence-corrected chi connectivity index (χ4v) is 2.41. The maximum atomic E-state index is 5.59. The second kappa shape index (κ2) is 5.75. The number of ether oxygens (including phenoxy) is 1. The van der Waals surface area contributed by atoms with Crippen LogP contribution in [0.15, 0.2) is 18.2 Å². The molecule has 0 heterocycles. The molecule has 2 nitrogen and oxygen atoms in total. The van der Waals surface area contributed by atoms with Crippen molar-refractivity contribution in [3.05, 3.63) is 29.3 Å². The van der Waals surface area contributed by atoms with E-state index >= 15 is 0 Å². The van der Waals surface area contributed by atoms with E-state index in [-0.39, 0.29) is 0 Å². The monoisotopic (exact) mass is 229 g/mol. The van der Waals surface area contributed by atoms with Crippen LogP contribution in [-0.2, 0) is 6.42 Å². The molecule has 1 aliphatic carbocycles. The molecular formula is C15H19NO. The Morgan fingerprint density at radius 2 is 2.41 bits per heavy atom. The van der Waals surface area contributed by atoms with Crippen molar-refractivity contribution in [2.24, 2.45) is 0 Å². The van der Waals surface area contributed by atoms with E-state index in [1.807, 2.05) is 6.07 Å². The maximum Gasteiger partial charge on any atom is 0.148 e. The fourth-order valence-electron chi connectivity index (χ4n) is 2.41. The minimum atomic E-state index is 0.351. The first-order valence-corrected chi connectivity index (χ1v) is 6.28. The zero-order chi connectivity index (χ0) is 12.1. The quantitative estimate of drug-likeness (QED) is 0.784. The van der Waals surface area contributed by atoms with Crippen LogP contribution in [-0.4, -0.2) is 13.2 Å². The molecule has 1 unspecified atom stereocenters. The molecule has 0 amide bonds. The summed E-state index contributed by atoms with van der Waals surface area (Å²) in [6.45, 7) is 3.61. The number of terminal acetylenes is 1. The SMILES string of the molecule is C#CCOc1cccc2c1CCC2NCCC. The van der Waals surface area contributed by atoms with Crippen molar-refractivity contribution in [3.63, 3.8) is 0 Å². The van der Waals surface area contributed by atoms with Gasteiger partial charge in [0, 0.05) is 6.04 Å². The van der Waals surface area contributed by atoms with Gasteiger partial charge in [-0.1, -0.05) is 25.0 Å². The molecule has 0 bridgehead atoms. The van der Waals surface area contributed by atoms with Gasteiger partial charge in [-0.3, -0.25) is 0 Å². The van der Waals surface area contributed by atoms with Crippen molar-refractivity contribution in [1.82, 2.24) is 5.32 Å². The largest absolute Gasteiger partial charge is 0.481 e. The Kier molecular flexibility index (Phi) is 4.06. The van der Waals surface area contributed by atoms with Crippen molar-refractivity contribution in [2.75, 3.05) is 13.2 Å². The lowest BCUT2D eigenvalue weighted by molar-refractivity contribution is 0.366. The van der Waals surface area contributed by atoms with Crippen LogP contribution in [0.5, 0.6) is 5.75 Å². The zero-order valence-electron chi connectivity index (χ0n) is 10.3. The fraction of sp³-hybridized carbons (Fsp3) is 0.467. The third-order valence-electron chi connectivity index (χ3n) is 3.18. The van der Waals surface area contributed by atoms with E-state index in [1.165, 1.54) is 17.5 Å². The van der Waals surface area contributed by atoms with Gasteiger partial charge in [0.25, 0.3) is 0 Å². The average Bonchev–Trinajstić information content (AvgIpc) is 2.77. The number of benzene rings is 1. The second-order valence-electron chi connectivity index (χ2n) is 4.36. The Hall–Kier alpha value is -1.46. The molecule has 2 heteroatoms. The number of hydrogen-bond donors (Lipinski definition) is 1. The van der Waals surface area contributed by atoms with E-state index < -0.39 is 0 Å². The highest BCUT2D eigenvalue weighted by Crippen LogP contribution is 2.36. The normalized spacial score (nSPS) is 17.5. The van der Waals surface area contributed by atoms with E-state index in [0.717, 1.165) is 25.1 Å². The Morgan fingerprint density at radius 3 is 3.18 bits per heavy atom. The summed E-state index contributed by atoms with van der Waals surface area (Å²) in [5.74, 6) is 3.47. The van der Waals surface area contributed by atoms with Gasteiger partial charge in [-0.15, -0.1) is 6.42 Å². The van der Waals surface area contributed by atoms with Crippen LogP contribution >= 0.6 is 0 Å². The Morgan fingerprint density at radius 1 is 1.53 bits per heavy atom. The molecule has 1 aromatic carbocycles. The molecular weight excluding hydrogens is 210 g/mol. The summed E-state index contributed by atoms with van der Waals surface area (Å²) >= 11 is 0. The molecule has 0 radical (unpaired) electrons. The zero-order valence-corrected chi connectivity index (χ0v) is 10.3. The highest BCUT2D eigenvalue weighted by atomic mass is 16.5. The maximum absolute atomic E-state index is 5.59. The van der Waals surface area contributed by atoms with Crippen molar-refractivity contribution in [3.8, 4) is 18.1 Å². The molecule has 0 fully saturated rings. The standard InChI is InChI=1S/C15H19NO/c1-3-10-16-14-9-8-13-12(14)6-5-7-15(13)17-11-4-2/h2,5-7,14,16H,3,8-11H2,1H3. The molecule has 0 spiro atoms. The van der Waals surface area contributed by atoms with Crippen molar-refractivity contribution >= 4 is 0 Å². The van der Waals surface area contributed by atoms with Crippen molar-refractivity contribution < 1.29 is 4.74 Å². The van der Waals surface area contributed by atoms with Gasteiger partial charge < -0.3 is 10.1 Å². The predicted molar refractivity (Wildman–Crippen MR) is 70.1 cm³/mol. The lowest BCUT2D eigenvalue weighted by Gasteiger charge is -2.14. The van der Waals surface area contributed by atoms with Crippen LogP contribution in [0.25, 0.3) is 0 Å². The second-order valence-corrected chi connectivity index (χ2v) is 4.36. The molecule has 2 rings (SSSR count). The van der Waals surface area contributed by atoms with Crippen LogP contribution in [0, 0.1) is 12.3 Å². The van der Waals surface area contributed by atoms with E-state index in [4.69, 9.17) is 11.2 Å². The van der Waals surface area contributed by atoms with Gasteiger partial charge in [-0.25, -0.2) is 0 Å². The highest BCUT2D eigenvalue weighted by molar-refractivity contribution is 5.45. The average molecular weight is 229 g/mol. The van der Waals surface area contributed by atoms with Crippen LogP contribution in [0.1, 0.15) is 36.9 Å². The summed E-state index contributed by atoms with van der Waals surface area (Å²) in [6, 6.07) is 6.74. The van der Waals surface area contributed by atoms with E-state index in [0.29, 0.717) is 12.6 Å². The first-order valence-electron chi connectivity index (χ1n) is 6.28. The molecule has 17 heavy (non-hydrogen) atoms. The predicted octanol–water partition coefficient (Wildman–Crippen LogP) is 2.69. The number of nitrogens with one attached hydrogen (secondary N) is 1. The van der Waals surface area contributed by atoms with Crippen LogP contribution in [0.4, 0.5) is 0 Å². The van der Waals surface area contributed by atoms with E-state index in [1.54, 1.807) is 0 Å². The molecule has 0 saturated carbocycles. The summed E-state index contributed by atoms with van der Waals surface area (Å²) in [6.07, 6.45) is 8.63. The summed E-state index contributed by atoms with van der Waals surface area (Å²) in [4.78, 5) is 0. The minimum Gasteiger partial charge on any atom is -0.481 e.